The van der Waals surface area contributed by atoms with Crippen LogP contribution in [0.2, 0.25) is 0 Å². The predicted molar refractivity (Wildman–Crippen MR) is 32.1 cm³/mol. The number of unbranched alkanes of at least 4 members (excludes halogenated alkanes) is 1. The molecule has 0 aromatic rings. The summed E-state index contributed by atoms with van der Waals surface area (Å²) >= 11 is 5.60. The molecule has 0 rings (SSSR count). The summed E-state index contributed by atoms with van der Waals surface area (Å²) in [6.45, 7) is 2.13. The Balaban J connectivity index is 0. The van der Waals surface area contributed by atoms with Crippen LogP contribution >= 0.6 is 11.6 Å². The molecule has 0 aliphatic carbocycles. The van der Waals surface area contributed by atoms with Crippen molar-refractivity contribution in [1.29, 1.82) is 0 Å². The van der Waals surface area contributed by atoms with E-state index in [2.05, 4.69) is 6.92 Å². The molecule has 0 aliphatic heterocycles. The Hall–Kier alpha value is 0.889. The van der Waals surface area contributed by atoms with Gasteiger partial charge >= 0.3 is 25.6 Å². The Bertz CT molecular complexity index is 25.7. The fourth-order valence-corrected chi connectivity index (χ4v) is 0.401. The van der Waals surface area contributed by atoms with Gasteiger partial charge in [0, 0.05) is 5.88 Å². The maximum atomic E-state index is 8.34. The van der Waals surface area contributed by atoms with Crippen molar-refractivity contribution in [3.8, 4) is 0 Å². The van der Waals surface area contributed by atoms with E-state index in [1.807, 2.05) is 0 Å². The predicted octanol–water partition coefficient (Wildman–Crippen LogP) is 1.53. The zero-order valence-corrected chi connectivity index (χ0v) is 8.02. The molecule has 42 valence electrons. The van der Waals surface area contributed by atoms with Gasteiger partial charge in [0.1, 0.15) is 0 Å². The van der Waals surface area contributed by atoms with Crippen LogP contribution in [-0.2, 0) is 3.08 Å². The average Bonchev–Trinajstić information content (AvgIpc) is 1.75. The molecule has 0 saturated carbocycles. The van der Waals surface area contributed by atoms with E-state index in [-0.39, 0.29) is 0 Å². The van der Waals surface area contributed by atoms with Gasteiger partial charge in [-0.2, -0.15) is 0 Å². The Morgan fingerprint density at radius 3 is 2.00 bits per heavy atom. The molecule has 0 unspecified atom stereocenters. The molecular weight excluding hydrogens is 218 g/mol. The molecule has 0 heterocycles. The molecule has 0 amide bonds. The van der Waals surface area contributed by atoms with Crippen LogP contribution in [0.15, 0.2) is 0 Å². The van der Waals surface area contributed by atoms with Gasteiger partial charge in [0.25, 0.3) is 0 Å². The van der Waals surface area contributed by atoms with Gasteiger partial charge in [0.2, 0.25) is 0 Å². The maximum absolute atomic E-state index is 8.34. The minimum absolute atomic E-state index is 0.300. The van der Waals surface area contributed by atoms with Crippen LogP contribution in [0.5, 0.6) is 0 Å². The van der Waals surface area contributed by atoms with E-state index in [1.54, 1.807) is 0 Å². The van der Waals surface area contributed by atoms with Crippen molar-refractivity contribution in [2.24, 2.45) is 0 Å². The number of rotatable bonds is 2. The van der Waals surface area contributed by atoms with Crippen LogP contribution in [0.4, 0.5) is 0 Å². The normalized spacial score (nSPS) is 6.57. The standard InChI is InChI=1S/C4H9Cl.O.Sn/c1-2-3-4-5;;/h2-4H2,1H3;;. The van der Waals surface area contributed by atoms with Crippen molar-refractivity contribution in [3.05, 3.63) is 0 Å². The van der Waals surface area contributed by atoms with Crippen molar-refractivity contribution in [1.82, 2.24) is 0 Å². The molecule has 0 aromatic carbocycles. The summed E-state index contributed by atoms with van der Waals surface area (Å²) in [4.78, 5) is 0. The van der Waals surface area contributed by atoms with Gasteiger partial charge in [-0.15, -0.1) is 11.6 Å². The molecule has 0 spiro atoms. The van der Waals surface area contributed by atoms with E-state index in [0.29, 0.717) is 22.5 Å². The first-order chi connectivity index (χ1) is 3.41. The molecule has 3 heteroatoms. The summed E-state index contributed by atoms with van der Waals surface area (Å²) in [5.41, 5.74) is 0. The van der Waals surface area contributed by atoms with E-state index < -0.39 is 0 Å². The van der Waals surface area contributed by atoms with Crippen LogP contribution in [0.1, 0.15) is 19.8 Å². The number of halogens is 1. The van der Waals surface area contributed by atoms with E-state index in [0.717, 1.165) is 12.3 Å². The average molecular weight is 227 g/mol. The SMILES string of the molecule is CCCCCl.[O]=[Sn]. The fraction of sp³-hybridized carbons (Fsp3) is 1.00. The van der Waals surface area contributed by atoms with Crippen molar-refractivity contribution in [2.45, 2.75) is 19.8 Å². The second-order valence-corrected chi connectivity index (χ2v) is 1.42. The summed E-state index contributed by atoms with van der Waals surface area (Å²) in [6.07, 6.45) is 2.37. The van der Waals surface area contributed by atoms with Crippen LogP contribution in [-0.4, -0.2) is 28.4 Å². The van der Waals surface area contributed by atoms with Gasteiger partial charge in [0.15, 0.2) is 0 Å². The quantitative estimate of drug-likeness (QED) is 0.516. The van der Waals surface area contributed by atoms with E-state index >= 15 is 0 Å². The van der Waals surface area contributed by atoms with Crippen molar-refractivity contribution < 1.29 is 3.08 Å². The third-order valence-electron chi connectivity index (χ3n) is 0.487. The molecule has 0 aromatic heterocycles. The summed E-state index contributed by atoms with van der Waals surface area (Å²) in [7, 11) is 0. The topological polar surface area (TPSA) is 17.1 Å². The number of alkyl halides is 1. The van der Waals surface area contributed by atoms with Crippen LogP contribution in [0.3, 0.4) is 0 Å². The van der Waals surface area contributed by atoms with Crippen LogP contribution in [0.25, 0.3) is 0 Å². The second-order valence-electron chi connectivity index (χ2n) is 1.04. The molecular formula is C4H9ClOSn. The second kappa shape index (κ2) is 15.8. The molecule has 2 radical (unpaired) electrons. The van der Waals surface area contributed by atoms with Crippen molar-refractivity contribution in [2.75, 3.05) is 5.88 Å². The molecule has 0 aliphatic rings. The van der Waals surface area contributed by atoms with Crippen molar-refractivity contribution >= 4 is 34.1 Å². The van der Waals surface area contributed by atoms with Gasteiger partial charge in [-0.1, -0.05) is 13.3 Å². The van der Waals surface area contributed by atoms with E-state index in [1.165, 1.54) is 6.42 Å². The fourth-order valence-electron chi connectivity index (χ4n) is 0.134. The third-order valence-corrected chi connectivity index (χ3v) is 0.754. The number of hydrogen-bond acceptors (Lipinski definition) is 1. The monoisotopic (exact) mass is 228 g/mol. The number of hydrogen-bond donors (Lipinski definition) is 0. The first-order valence-electron chi connectivity index (χ1n) is 2.18. The molecule has 0 fully saturated rings. The Morgan fingerprint density at radius 1 is 1.57 bits per heavy atom. The van der Waals surface area contributed by atoms with Crippen LogP contribution in [0, 0.1) is 0 Å². The van der Waals surface area contributed by atoms with Crippen molar-refractivity contribution in [3.63, 3.8) is 0 Å². The summed E-state index contributed by atoms with van der Waals surface area (Å²) in [5, 5.41) is 0. The van der Waals surface area contributed by atoms with Crippen LogP contribution < -0.4 is 0 Å². The molecule has 0 bridgehead atoms. The van der Waals surface area contributed by atoms with E-state index in [4.69, 9.17) is 14.7 Å². The van der Waals surface area contributed by atoms with Gasteiger partial charge in [-0.3, -0.25) is 0 Å². The first kappa shape index (κ1) is 10.8. The van der Waals surface area contributed by atoms with Gasteiger partial charge < -0.3 is 0 Å². The Labute approximate surface area is 62.9 Å². The van der Waals surface area contributed by atoms with Gasteiger partial charge in [-0.25, -0.2) is 0 Å². The zero-order valence-electron chi connectivity index (χ0n) is 4.41. The Morgan fingerprint density at radius 2 is 2.00 bits per heavy atom. The minimum atomic E-state index is 0.300. The zero-order chi connectivity index (χ0) is 6.12. The molecule has 0 atom stereocenters. The van der Waals surface area contributed by atoms with Gasteiger partial charge in [-0.05, 0) is 6.42 Å². The molecule has 0 N–H and O–H groups in total. The molecule has 1 nitrogen and oxygen atoms in total. The molecule has 0 saturated heterocycles. The summed E-state index contributed by atoms with van der Waals surface area (Å²) < 4.78 is 8.34. The van der Waals surface area contributed by atoms with Gasteiger partial charge in [0.05, 0.1) is 0 Å². The summed E-state index contributed by atoms with van der Waals surface area (Å²) in [6, 6.07) is 0. The molecule has 7 heavy (non-hydrogen) atoms. The summed E-state index contributed by atoms with van der Waals surface area (Å²) in [5.74, 6) is 0.816. The Kier molecular flexibility index (Phi) is 24.4. The first-order valence-corrected chi connectivity index (χ1v) is 3.88. The third kappa shape index (κ3) is 19.7. The van der Waals surface area contributed by atoms with E-state index in [9.17, 15) is 0 Å².